The standard InChI is InChI=1S/C17H34O2Si/c1-10-14(3)16(15(4)11-13(2)12-18)19-20(8,9)17(5,6)7/h10-11,15-16,18H,12H2,1-9H3/b13-11+,14-10+/t15-,16+/m1/s1. The van der Waals surface area contributed by atoms with Gasteiger partial charge in [-0.15, -0.1) is 0 Å². The van der Waals surface area contributed by atoms with Crippen molar-refractivity contribution in [1.29, 1.82) is 0 Å². The first-order valence-corrected chi connectivity index (χ1v) is 10.5. The molecule has 0 heterocycles. The molecular weight excluding hydrogens is 264 g/mol. The van der Waals surface area contributed by atoms with Crippen molar-refractivity contribution >= 4 is 8.32 Å². The van der Waals surface area contributed by atoms with Crippen LogP contribution < -0.4 is 0 Å². The number of aliphatic hydroxyl groups excluding tert-OH is 1. The van der Waals surface area contributed by atoms with Crippen LogP contribution in [-0.4, -0.2) is 26.1 Å². The third-order valence-corrected chi connectivity index (χ3v) is 8.86. The second kappa shape index (κ2) is 7.58. The molecule has 0 spiro atoms. The molecular formula is C17H34O2Si. The zero-order chi connectivity index (χ0) is 16.1. The van der Waals surface area contributed by atoms with Gasteiger partial charge >= 0.3 is 0 Å². The molecule has 118 valence electrons. The summed E-state index contributed by atoms with van der Waals surface area (Å²) >= 11 is 0. The lowest BCUT2D eigenvalue weighted by Gasteiger charge is -2.41. The molecule has 20 heavy (non-hydrogen) atoms. The van der Waals surface area contributed by atoms with Crippen LogP contribution in [0.5, 0.6) is 0 Å². The Balaban J connectivity index is 5.31. The van der Waals surface area contributed by atoms with Gasteiger partial charge in [-0.3, -0.25) is 0 Å². The third-order valence-electron chi connectivity index (χ3n) is 4.41. The molecule has 0 unspecified atom stereocenters. The van der Waals surface area contributed by atoms with E-state index in [1.807, 2.05) is 6.92 Å². The zero-order valence-corrected chi connectivity index (χ0v) is 15.9. The summed E-state index contributed by atoms with van der Waals surface area (Å²) in [4.78, 5) is 0. The van der Waals surface area contributed by atoms with Gasteiger partial charge in [-0.25, -0.2) is 0 Å². The van der Waals surface area contributed by atoms with Crippen LogP contribution in [0.3, 0.4) is 0 Å². The van der Waals surface area contributed by atoms with Gasteiger partial charge in [0.1, 0.15) is 0 Å². The molecule has 0 aromatic heterocycles. The van der Waals surface area contributed by atoms with Gasteiger partial charge in [0.05, 0.1) is 12.7 Å². The summed E-state index contributed by atoms with van der Waals surface area (Å²) < 4.78 is 6.61. The summed E-state index contributed by atoms with van der Waals surface area (Å²) in [6.07, 6.45) is 4.36. The highest BCUT2D eigenvalue weighted by Crippen LogP contribution is 2.39. The van der Waals surface area contributed by atoms with E-state index in [0.29, 0.717) is 0 Å². The Morgan fingerprint density at radius 2 is 1.75 bits per heavy atom. The molecule has 0 fully saturated rings. The minimum absolute atomic E-state index is 0.0994. The number of hydrogen-bond donors (Lipinski definition) is 1. The summed E-state index contributed by atoms with van der Waals surface area (Å²) in [7, 11) is -1.80. The van der Waals surface area contributed by atoms with E-state index in [-0.39, 0.29) is 23.7 Å². The Kier molecular flexibility index (Phi) is 7.43. The van der Waals surface area contributed by atoms with Crippen LogP contribution in [-0.2, 0) is 4.43 Å². The molecule has 0 aromatic rings. The minimum atomic E-state index is -1.80. The highest BCUT2D eigenvalue weighted by molar-refractivity contribution is 6.74. The SMILES string of the molecule is C/C=C(\C)[C@H](O[Si](C)(C)C(C)(C)C)[C@H](C)/C=C(\C)CO. The van der Waals surface area contributed by atoms with E-state index in [0.717, 1.165) is 5.57 Å². The van der Waals surface area contributed by atoms with Crippen molar-refractivity contribution in [2.75, 3.05) is 6.61 Å². The summed E-state index contributed by atoms with van der Waals surface area (Å²) in [5.41, 5.74) is 2.27. The molecule has 2 nitrogen and oxygen atoms in total. The van der Waals surface area contributed by atoms with Crippen molar-refractivity contribution in [3.05, 3.63) is 23.3 Å². The van der Waals surface area contributed by atoms with Crippen LogP contribution in [0.1, 0.15) is 48.5 Å². The molecule has 0 amide bonds. The van der Waals surface area contributed by atoms with E-state index in [2.05, 4.69) is 66.8 Å². The Labute approximate surface area is 127 Å². The van der Waals surface area contributed by atoms with Crippen molar-refractivity contribution in [3.8, 4) is 0 Å². The van der Waals surface area contributed by atoms with E-state index in [9.17, 15) is 5.11 Å². The molecule has 0 aromatic carbocycles. The summed E-state index contributed by atoms with van der Waals surface area (Å²) in [5, 5.41) is 9.41. The van der Waals surface area contributed by atoms with Gasteiger partial charge in [-0.05, 0) is 44.5 Å². The first-order valence-electron chi connectivity index (χ1n) is 7.55. The summed E-state index contributed by atoms with van der Waals surface area (Å²) in [5.74, 6) is 0.271. The van der Waals surface area contributed by atoms with Crippen LogP contribution in [0.15, 0.2) is 23.3 Å². The molecule has 0 aliphatic heterocycles. The lowest BCUT2D eigenvalue weighted by atomic mass is 9.96. The van der Waals surface area contributed by atoms with Crippen LogP contribution in [0.25, 0.3) is 0 Å². The van der Waals surface area contributed by atoms with E-state index in [1.165, 1.54) is 5.57 Å². The van der Waals surface area contributed by atoms with Crippen molar-refractivity contribution < 1.29 is 9.53 Å². The topological polar surface area (TPSA) is 29.5 Å². The second-order valence-electron chi connectivity index (χ2n) is 7.36. The molecule has 0 aliphatic carbocycles. The monoisotopic (exact) mass is 298 g/mol. The van der Waals surface area contributed by atoms with Crippen LogP contribution in [0, 0.1) is 5.92 Å². The van der Waals surface area contributed by atoms with Crippen LogP contribution in [0.4, 0.5) is 0 Å². The van der Waals surface area contributed by atoms with Crippen molar-refractivity contribution in [3.63, 3.8) is 0 Å². The predicted molar refractivity (Wildman–Crippen MR) is 91.5 cm³/mol. The molecule has 1 N–H and O–H groups in total. The average Bonchev–Trinajstić information content (AvgIpc) is 2.33. The molecule has 0 saturated carbocycles. The largest absolute Gasteiger partial charge is 0.410 e. The number of hydrogen-bond acceptors (Lipinski definition) is 2. The van der Waals surface area contributed by atoms with Gasteiger partial charge in [0.15, 0.2) is 8.32 Å². The quantitative estimate of drug-likeness (QED) is 0.557. The van der Waals surface area contributed by atoms with E-state index in [1.54, 1.807) is 0 Å². The maximum absolute atomic E-state index is 9.21. The Hall–Kier alpha value is -0.383. The third kappa shape index (κ3) is 5.55. The lowest BCUT2D eigenvalue weighted by Crippen LogP contribution is -2.45. The van der Waals surface area contributed by atoms with Crippen molar-refractivity contribution in [2.45, 2.75) is 72.7 Å². The molecule has 0 radical (unpaired) electrons. The van der Waals surface area contributed by atoms with Crippen LogP contribution in [0.2, 0.25) is 18.1 Å². The minimum Gasteiger partial charge on any atom is -0.410 e. The van der Waals surface area contributed by atoms with Crippen molar-refractivity contribution in [2.24, 2.45) is 5.92 Å². The van der Waals surface area contributed by atoms with E-state index >= 15 is 0 Å². The fourth-order valence-corrected chi connectivity index (χ4v) is 3.25. The summed E-state index contributed by atoms with van der Waals surface area (Å²) in [6, 6.07) is 0. The zero-order valence-electron chi connectivity index (χ0n) is 14.9. The molecule has 0 aliphatic rings. The molecule has 0 bridgehead atoms. The lowest BCUT2D eigenvalue weighted by molar-refractivity contribution is 0.177. The Bertz CT molecular complexity index is 362. The average molecular weight is 299 g/mol. The fourth-order valence-electron chi connectivity index (χ4n) is 1.86. The van der Waals surface area contributed by atoms with Crippen molar-refractivity contribution in [1.82, 2.24) is 0 Å². The van der Waals surface area contributed by atoms with Crippen LogP contribution >= 0.6 is 0 Å². The van der Waals surface area contributed by atoms with Gasteiger partial charge in [0.2, 0.25) is 0 Å². The predicted octanol–water partition coefficient (Wildman–Crippen LogP) is 4.92. The Morgan fingerprint density at radius 1 is 1.25 bits per heavy atom. The maximum atomic E-state index is 9.21. The van der Waals surface area contributed by atoms with E-state index in [4.69, 9.17) is 4.43 Å². The smallest absolute Gasteiger partial charge is 0.192 e. The second-order valence-corrected chi connectivity index (χ2v) is 12.1. The summed E-state index contributed by atoms with van der Waals surface area (Å²) in [6.45, 7) is 19.8. The highest BCUT2D eigenvalue weighted by atomic mass is 28.4. The number of allylic oxidation sites excluding steroid dienone is 1. The highest BCUT2D eigenvalue weighted by Gasteiger charge is 2.40. The molecule has 0 saturated heterocycles. The molecule has 3 heteroatoms. The van der Waals surface area contributed by atoms with Gasteiger partial charge in [0.25, 0.3) is 0 Å². The van der Waals surface area contributed by atoms with Gasteiger partial charge in [0, 0.05) is 5.92 Å². The van der Waals surface area contributed by atoms with E-state index < -0.39 is 8.32 Å². The normalized spacial score (nSPS) is 18.1. The molecule has 0 rings (SSSR count). The first kappa shape index (κ1) is 19.6. The van der Waals surface area contributed by atoms with Gasteiger partial charge in [-0.1, -0.05) is 45.4 Å². The number of aliphatic hydroxyl groups is 1. The Morgan fingerprint density at radius 3 is 2.10 bits per heavy atom. The van der Waals surface area contributed by atoms with Gasteiger partial charge in [-0.2, -0.15) is 0 Å². The molecule has 2 atom stereocenters. The maximum Gasteiger partial charge on any atom is 0.192 e. The first-order chi connectivity index (χ1) is 8.96. The fraction of sp³-hybridized carbons (Fsp3) is 0.765. The van der Waals surface area contributed by atoms with Gasteiger partial charge < -0.3 is 9.53 Å². The number of rotatable bonds is 6.